The van der Waals surface area contributed by atoms with E-state index in [1.54, 1.807) is 10.7 Å². The molecular weight excluding hydrogens is 416 g/mol. The summed E-state index contributed by atoms with van der Waals surface area (Å²) in [6.07, 6.45) is 1.43. The van der Waals surface area contributed by atoms with Gasteiger partial charge in [0.15, 0.2) is 5.65 Å². The highest BCUT2D eigenvalue weighted by atomic mass is 16.6. The van der Waals surface area contributed by atoms with Gasteiger partial charge in [-0.15, -0.1) is 0 Å². The van der Waals surface area contributed by atoms with Gasteiger partial charge in [0.1, 0.15) is 0 Å². The molecule has 0 atom stereocenters. The van der Waals surface area contributed by atoms with Crippen LogP contribution in [0, 0.1) is 34.1 Å². The summed E-state index contributed by atoms with van der Waals surface area (Å²) >= 11 is 0. The fourth-order valence-corrected chi connectivity index (χ4v) is 3.37. The number of anilines is 1. The van der Waals surface area contributed by atoms with E-state index in [1.807, 2.05) is 37.3 Å². The number of carbonyl (C=O) groups is 1. The third-order valence-electron chi connectivity index (χ3n) is 4.98. The maximum Gasteiger partial charge on any atom is 0.279 e. The molecule has 0 saturated carbocycles. The molecule has 0 fully saturated rings. The highest BCUT2D eigenvalue weighted by molar-refractivity contribution is 6.07. The smallest absolute Gasteiger partial charge is 0.279 e. The Kier molecular flexibility index (Phi) is 5.07. The van der Waals surface area contributed by atoms with Crippen LogP contribution in [0.2, 0.25) is 0 Å². The van der Waals surface area contributed by atoms with E-state index in [-0.39, 0.29) is 11.1 Å². The number of carbonyl (C=O) groups excluding carboxylic acids is 1. The first-order chi connectivity index (χ1) is 15.3. The van der Waals surface area contributed by atoms with E-state index >= 15 is 0 Å². The number of pyridine rings is 1. The van der Waals surface area contributed by atoms with E-state index in [0.29, 0.717) is 22.4 Å². The zero-order valence-electron chi connectivity index (χ0n) is 17.0. The van der Waals surface area contributed by atoms with Crippen molar-refractivity contribution < 1.29 is 14.6 Å². The molecule has 0 aliphatic carbocycles. The van der Waals surface area contributed by atoms with Crippen molar-refractivity contribution in [3.63, 3.8) is 0 Å². The van der Waals surface area contributed by atoms with Gasteiger partial charge < -0.3 is 5.32 Å². The van der Waals surface area contributed by atoms with E-state index in [4.69, 9.17) is 0 Å². The number of non-ortho nitro benzene ring substituents is 1. The van der Waals surface area contributed by atoms with E-state index in [9.17, 15) is 25.0 Å². The Morgan fingerprint density at radius 1 is 1.03 bits per heavy atom. The van der Waals surface area contributed by atoms with Crippen LogP contribution in [0.3, 0.4) is 0 Å². The highest BCUT2D eigenvalue weighted by Crippen LogP contribution is 2.29. The average molecular weight is 432 g/mol. The molecule has 0 spiro atoms. The normalized spacial score (nSPS) is 10.8. The molecule has 2 heterocycles. The summed E-state index contributed by atoms with van der Waals surface area (Å²) in [6, 6.07) is 13.0. The maximum atomic E-state index is 12.8. The zero-order valence-corrected chi connectivity index (χ0v) is 17.0. The Morgan fingerprint density at radius 2 is 1.75 bits per heavy atom. The molecule has 2 aromatic carbocycles. The quantitative estimate of drug-likeness (QED) is 0.369. The number of fused-ring (bicyclic) bond motifs is 1. The second-order valence-corrected chi connectivity index (χ2v) is 7.03. The summed E-state index contributed by atoms with van der Waals surface area (Å²) in [5, 5.41) is 30.2. The van der Waals surface area contributed by atoms with Gasteiger partial charge in [0, 0.05) is 17.0 Å². The molecule has 32 heavy (non-hydrogen) atoms. The Bertz CT molecular complexity index is 1400. The molecule has 1 N–H and O–H groups in total. The van der Waals surface area contributed by atoms with Crippen LogP contribution in [0.1, 0.15) is 21.6 Å². The van der Waals surface area contributed by atoms with Crippen molar-refractivity contribution in [2.75, 3.05) is 5.32 Å². The Balaban J connectivity index is 1.71. The van der Waals surface area contributed by atoms with Gasteiger partial charge in [-0.05, 0) is 32.0 Å². The number of para-hydroxylation sites is 1. The summed E-state index contributed by atoms with van der Waals surface area (Å²) in [6.45, 7) is 3.18. The van der Waals surface area contributed by atoms with Crippen molar-refractivity contribution in [1.29, 1.82) is 0 Å². The Labute approximate surface area is 180 Å². The minimum absolute atomic E-state index is 0.0280. The first-order valence-electron chi connectivity index (χ1n) is 9.42. The lowest BCUT2D eigenvalue weighted by Crippen LogP contribution is -2.15. The summed E-state index contributed by atoms with van der Waals surface area (Å²) in [5.41, 5.74) is 1.26. The van der Waals surface area contributed by atoms with Crippen molar-refractivity contribution in [2.45, 2.75) is 13.8 Å². The number of hydrogen-bond donors (Lipinski definition) is 1. The topological polar surface area (TPSA) is 146 Å². The van der Waals surface area contributed by atoms with Gasteiger partial charge >= 0.3 is 0 Å². The lowest BCUT2D eigenvalue weighted by atomic mass is 10.0. The summed E-state index contributed by atoms with van der Waals surface area (Å²) in [7, 11) is 0. The van der Waals surface area contributed by atoms with Crippen LogP contribution < -0.4 is 5.32 Å². The molecule has 0 saturated heterocycles. The number of hydrogen-bond acceptors (Lipinski definition) is 7. The maximum absolute atomic E-state index is 12.8. The second-order valence-electron chi connectivity index (χ2n) is 7.03. The number of nitro groups is 2. The van der Waals surface area contributed by atoms with Crippen LogP contribution >= 0.6 is 0 Å². The van der Waals surface area contributed by atoms with Crippen LogP contribution in [0.15, 0.2) is 54.7 Å². The van der Waals surface area contributed by atoms with Crippen LogP contribution in [-0.4, -0.2) is 30.5 Å². The standard InChI is InChI=1S/C21H16N6O5/c1-12-17(9-16(26(29)30)10-19(12)27(31)32)21(28)23-14-8-18-13(2)24-25(20(18)22-11-14)15-6-4-3-5-7-15/h3-11H,1-2H3,(H,23,28). The fourth-order valence-electron chi connectivity index (χ4n) is 3.37. The third kappa shape index (κ3) is 3.62. The molecule has 0 unspecified atom stereocenters. The van der Waals surface area contributed by atoms with Crippen LogP contribution in [0.4, 0.5) is 17.1 Å². The molecule has 4 rings (SSSR count). The summed E-state index contributed by atoms with van der Waals surface area (Å²) < 4.78 is 1.68. The van der Waals surface area contributed by atoms with Crippen LogP contribution in [-0.2, 0) is 0 Å². The molecular formula is C21H16N6O5. The summed E-state index contributed by atoms with van der Waals surface area (Å²) in [4.78, 5) is 38.1. The molecule has 11 nitrogen and oxygen atoms in total. The minimum atomic E-state index is -0.780. The lowest BCUT2D eigenvalue weighted by molar-refractivity contribution is -0.394. The van der Waals surface area contributed by atoms with Gasteiger partial charge in [-0.1, -0.05) is 18.2 Å². The highest BCUT2D eigenvalue weighted by Gasteiger charge is 2.25. The number of nitrogens with zero attached hydrogens (tertiary/aromatic N) is 5. The fraction of sp³-hybridized carbons (Fsp3) is 0.0952. The second kappa shape index (κ2) is 7.87. The minimum Gasteiger partial charge on any atom is -0.321 e. The van der Waals surface area contributed by atoms with Crippen LogP contribution in [0.25, 0.3) is 16.7 Å². The molecule has 0 radical (unpaired) electrons. The molecule has 0 aliphatic heterocycles. The predicted molar refractivity (Wildman–Crippen MR) is 116 cm³/mol. The van der Waals surface area contributed by atoms with Crippen molar-refractivity contribution in [3.8, 4) is 5.69 Å². The van der Waals surface area contributed by atoms with Gasteiger partial charge in [0.05, 0.1) is 44.7 Å². The molecule has 11 heteroatoms. The molecule has 160 valence electrons. The van der Waals surface area contributed by atoms with E-state index in [2.05, 4.69) is 15.4 Å². The number of nitrogens with one attached hydrogen (secondary N) is 1. The third-order valence-corrected chi connectivity index (χ3v) is 4.98. The number of rotatable bonds is 5. The molecule has 0 aliphatic rings. The number of nitro benzene ring substituents is 2. The largest absolute Gasteiger partial charge is 0.321 e. The van der Waals surface area contributed by atoms with Gasteiger partial charge in [-0.25, -0.2) is 9.67 Å². The van der Waals surface area contributed by atoms with Gasteiger partial charge in [0.2, 0.25) is 0 Å². The van der Waals surface area contributed by atoms with Crippen molar-refractivity contribution >= 4 is 34.0 Å². The molecule has 2 aromatic heterocycles. The first kappa shape index (κ1) is 20.6. The molecule has 4 aromatic rings. The Morgan fingerprint density at radius 3 is 2.41 bits per heavy atom. The monoisotopic (exact) mass is 432 g/mol. The zero-order chi connectivity index (χ0) is 23.0. The predicted octanol–water partition coefficient (Wildman–Crippen LogP) is 4.11. The van der Waals surface area contributed by atoms with Gasteiger partial charge in [-0.3, -0.25) is 25.0 Å². The van der Waals surface area contributed by atoms with Gasteiger partial charge in [0.25, 0.3) is 17.3 Å². The van der Waals surface area contributed by atoms with Crippen molar-refractivity contribution in [1.82, 2.24) is 14.8 Å². The Hall–Kier alpha value is -4.67. The van der Waals surface area contributed by atoms with Crippen molar-refractivity contribution in [3.05, 3.63) is 91.8 Å². The van der Waals surface area contributed by atoms with E-state index in [1.165, 1.54) is 13.1 Å². The molecule has 1 amide bonds. The lowest BCUT2D eigenvalue weighted by Gasteiger charge is -2.09. The number of benzene rings is 2. The first-order valence-corrected chi connectivity index (χ1v) is 9.42. The SMILES string of the molecule is Cc1c(C(=O)Nc2cnc3c(c2)c(C)nn3-c2ccccc2)cc([N+](=O)[O-])cc1[N+](=O)[O-]. The van der Waals surface area contributed by atoms with E-state index < -0.39 is 27.1 Å². The number of aryl methyl sites for hydroxylation is 1. The van der Waals surface area contributed by atoms with Crippen molar-refractivity contribution in [2.24, 2.45) is 0 Å². The number of aromatic nitrogens is 3. The molecule has 0 bridgehead atoms. The van der Waals surface area contributed by atoms with E-state index in [0.717, 1.165) is 17.8 Å². The summed E-state index contributed by atoms with van der Waals surface area (Å²) in [5.74, 6) is -0.719. The number of amides is 1. The van der Waals surface area contributed by atoms with Gasteiger partial charge in [-0.2, -0.15) is 5.10 Å². The van der Waals surface area contributed by atoms with Crippen LogP contribution in [0.5, 0.6) is 0 Å². The average Bonchev–Trinajstić information content (AvgIpc) is 3.10.